The largest absolute Gasteiger partial charge is 0.489 e. The number of nitrogens with one attached hydrogen (secondary N) is 1. The third-order valence-corrected chi connectivity index (χ3v) is 4.51. The molecule has 1 aromatic heterocycles. The minimum Gasteiger partial charge on any atom is -0.489 e. The summed E-state index contributed by atoms with van der Waals surface area (Å²) >= 11 is 0. The van der Waals surface area contributed by atoms with Gasteiger partial charge in [-0.1, -0.05) is 12.1 Å². The molecule has 0 spiro atoms. The van der Waals surface area contributed by atoms with E-state index in [0.29, 0.717) is 24.6 Å². The number of carbonyl (C=O) groups is 1. The number of rotatable bonds is 7. The van der Waals surface area contributed by atoms with Crippen molar-refractivity contribution in [2.24, 2.45) is 0 Å². The number of carbonyl (C=O) groups excluding carboxylic acids is 1. The lowest BCUT2D eigenvalue weighted by molar-refractivity contribution is 0.0682. The molecule has 2 aromatic rings. The fourth-order valence-corrected chi connectivity index (χ4v) is 2.96. The van der Waals surface area contributed by atoms with Gasteiger partial charge in [-0.2, -0.15) is 0 Å². The highest BCUT2D eigenvalue weighted by Crippen LogP contribution is 2.25. The molecule has 2 amide bonds. The van der Waals surface area contributed by atoms with E-state index >= 15 is 0 Å². The Labute approximate surface area is 159 Å². The van der Waals surface area contributed by atoms with Crippen LogP contribution in [0.2, 0.25) is 0 Å². The molecule has 0 radical (unpaired) electrons. The Morgan fingerprint density at radius 1 is 1.44 bits per heavy atom. The Morgan fingerprint density at radius 2 is 2.26 bits per heavy atom. The summed E-state index contributed by atoms with van der Waals surface area (Å²) in [4.78, 5) is 14.2. The summed E-state index contributed by atoms with van der Waals surface area (Å²) in [5, 5.41) is 11.0. The molecule has 0 saturated carbocycles. The topological polar surface area (TPSA) is 81.5 Å². The minimum atomic E-state index is -0.235. The van der Waals surface area contributed by atoms with Crippen LogP contribution in [0.5, 0.6) is 5.75 Å². The van der Waals surface area contributed by atoms with Crippen LogP contribution in [0.4, 0.5) is 10.5 Å². The van der Waals surface area contributed by atoms with Crippen molar-refractivity contribution in [3.63, 3.8) is 0 Å². The summed E-state index contributed by atoms with van der Waals surface area (Å²) in [5.74, 6) is 1.38. The lowest BCUT2D eigenvalue weighted by atomic mass is 10.2. The number of amides is 2. The Balaban J connectivity index is 1.60. The van der Waals surface area contributed by atoms with Crippen LogP contribution in [0.15, 0.2) is 30.6 Å². The molecule has 2 heterocycles. The molecule has 3 rings (SSSR count). The minimum absolute atomic E-state index is 0.124. The van der Waals surface area contributed by atoms with Crippen LogP contribution in [0.25, 0.3) is 0 Å². The highest BCUT2D eigenvalue weighted by Gasteiger charge is 2.18. The molecule has 0 bridgehead atoms. The number of hydrogen-bond acceptors (Lipinski definition) is 5. The van der Waals surface area contributed by atoms with Gasteiger partial charge < -0.3 is 24.3 Å². The lowest BCUT2D eigenvalue weighted by Gasteiger charge is -2.20. The van der Waals surface area contributed by atoms with E-state index in [9.17, 15) is 4.79 Å². The molecule has 146 valence electrons. The van der Waals surface area contributed by atoms with Crippen LogP contribution < -0.4 is 10.1 Å². The quantitative estimate of drug-likeness (QED) is 0.807. The number of ether oxygens (including phenoxy) is 2. The van der Waals surface area contributed by atoms with Crippen molar-refractivity contribution in [1.29, 1.82) is 0 Å². The van der Waals surface area contributed by atoms with Crippen LogP contribution in [0, 0.1) is 0 Å². The Kier molecular flexibility index (Phi) is 6.28. The monoisotopic (exact) mass is 373 g/mol. The van der Waals surface area contributed by atoms with Gasteiger partial charge >= 0.3 is 6.03 Å². The zero-order valence-corrected chi connectivity index (χ0v) is 16.1. The van der Waals surface area contributed by atoms with E-state index in [1.54, 1.807) is 18.3 Å². The molecule has 8 nitrogen and oxygen atoms in total. The predicted octanol–water partition coefficient (Wildman–Crippen LogP) is 3.08. The molecule has 1 unspecified atom stereocenters. The van der Waals surface area contributed by atoms with E-state index in [1.807, 2.05) is 28.8 Å². The summed E-state index contributed by atoms with van der Waals surface area (Å²) in [6, 6.07) is 7.42. The normalized spacial score (nSPS) is 16.5. The van der Waals surface area contributed by atoms with Crippen LogP contribution in [-0.4, -0.2) is 52.1 Å². The SMILES string of the molecule is CC(C)n1cnnc1CN(C)C(=O)Nc1ccccc1OCC1CCCO1. The van der Waals surface area contributed by atoms with Gasteiger partial charge in [0.1, 0.15) is 18.7 Å². The first-order valence-electron chi connectivity index (χ1n) is 9.28. The van der Waals surface area contributed by atoms with Crippen molar-refractivity contribution >= 4 is 11.7 Å². The number of anilines is 1. The van der Waals surface area contributed by atoms with Gasteiger partial charge in [0.2, 0.25) is 0 Å². The maximum absolute atomic E-state index is 12.6. The van der Waals surface area contributed by atoms with E-state index in [4.69, 9.17) is 9.47 Å². The molecule has 1 saturated heterocycles. The van der Waals surface area contributed by atoms with Crippen LogP contribution in [-0.2, 0) is 11.3 Å². The van der Waals surface area contributed by atoms with Gasteiger partial charge in [-0.25, -0.2) is 4.79 Å². The molecular formula is C19H27N5O3. The van der Waals surface area contributed by atoms with Crippen molar-refractivity contribution in [3.05, 3.63) is 36.4 Å². The smallest absolute Gasteiger partial charge is 0.322 e. The maximum atomic E-state index is 12.6. The first-order chi connectivity index (χ1) is 13.0. The summed E-state index contributed by atoms with van der Waals surface area (Å²) in [7, 11) is 1.73. The van der Waals surface area contributed by atoms with E-state index in [0.717, 1.165) is 25.3 Å². The number of urea groups is 1. The number of benzene rings is 1. The van der Waals surface area contributed by atoms with Crippen molar-refractivity contribution in [2.75, 3.05) is 25.6 Å². The third kappa shape index (κ3) is 4.97. The van der Waals surface area contributed by atoms with Crippen LogP contribution >= 0.6 is 0 Å². The molecular weight excluding hydrogens is 346 g/mol. The van der Waals surface area contributed by atoms with Gasteiger partial charge in [0.25, 0.3) is 0 Å². The highest BCUT2D eigenvalue weighted by molar-refractivity contribution is 5.90. The Bertz CT molecular complexity index is 755. The van der Waals surface area contributed by atoms with Gasteiger partial charge in [-0.3, -0.25) is 0 Å². The summed E-state index contributed by atoms with van der Waals surface area (Å²) in [6.45, 7) is 5.74. The molecule has 1 atom stereocenters. The van der Waals surface area contributed by atoms with Gasteiger partial charge in [-0.15, -0.1) is 10.2 Å². The number of para-hydroxylation sites is 2. The van der Waals surface area contributed by atoms with Crippen molar-refractivity contribution in [1.82, 2.24) is 19.7 Å². The molecule has 8 heteroatoms. The predicted molar refractivity (Wildman–Crippen MR) is 102 cm³/mol. The summed E-state index contributed by atoms with van der Waals surface area (Å²) in [5.41, 5.74) is 0.637. The second-order valence-corrected chi connectivity index (χ2v) is 6.98. The summed E-state index contributed by atoms with van der Waals surface area (Å²) in [6.07, 6.45) is 3.88. The second kappa shape index (κ2) is 8.85. The first-order valence-corrected chi connectivity index (χ1v) is 9.28. The van der Waals surface area contributed by atoms with Crippen LogP contribution in [0.1, 0.15) is 38.6 Å². The van der Waals surface area contributed by atoms with Crippen molar-refractivity contribution < 1.29 is 14.3 Å². The van der Waals surface area contributed by atoms with Gasteiger partial charge in [-0.05, 0) is 38.8 Å². The van der Waals surface area contributed by atoms with E-state index in [2.05, 4.69) is 29.4 Å². The number of hydrogen-bond donors (Lipinski definition) is 1. The molecule has 1 aromatic carbocycles. The molecule has 1 N–H and O–H groups in total. The third-order valence-electron chi connectivity index (χ3n) is 4.51. The molecule has 1 fully saturated rings. The van der Waals surface area contributed by atoms with Crippen molar-refractivity contribution in [3.8, 4) is 5.75 Å². The standard InChI is InChI=1S/C19H27N5O3/c1-14(2)24-13-20-22-18(24)11-23(3)19(25)21-16-8-4-5-9-17(16)27-12-15-7-6-10-26-15/h4-5,8-9,13-15H,6-7,10-12H2,1-3H3,(H,21,25). The zero-order valence-electron chi connectivity index (χ0n) is 16.1. The first kappa shape index (κ1) is 19.2. The second-order valence-electron chi connectivity index (χ2n) is 6.98. The molecule has 1 aliphatic heterocycles. The Hall–Kier alpha value is -2.61. The van der Waals surface area contributed by atoms with E-state index in [-0.39, 0.29) is 18.2 Å². The number of aromatic nitrogens is 3. The Morgan fingerprint density at radius 3 is 3.00 bits per heavy atom. The van der Waals surface area contributed by atoms with E-state index < -0.39 is 0 Å². The average molecular weight is 373 g/mol. The van der Waals surface area contributed by atoms with E-state index in [1.165, 1.54) is 0 Å². The highest BCUT2D eigenvalue weighted by atomic mass is 16.5. The van der Waals surface area contributed by atoms with Crippen molar-refractivity contribution in [2.45, 2.75) is 45.4 Å². The molecule has 27 heavy (non-hydrogen) atoms. The fourth-order valence-electron chi connectivity index (χ4n) is 2.96. The zero-order chi connectivity index (χ0) is 19.2. The number of nitrogens with zero attached hydrogens (tertiary/aromatic N) is 4. The maximum Gasteiger partial charge on any atom is 0.322 e. The lowest BCUT2D eigenvalue weighted by Crippen LogP contribution is -2.32. The van der Waals surface area contributed by atoms with Gasteiger partial charge in [0.05, 0.1) is 18.3 Å². The molecule has 0 aliphatic carbocycles. The van der Waals surface area contributed by atoms with Gasteiger partial charge in [0, 0.05) is 19.7 Å². The van der Waals surface area contributed by atoms with Gasteiger partial charge in [0.15, 0.2) is 5.82 Å². The fraction of sp³-hybridized carbons (Fsp3) is 0.526. The summed E-state index contributed by atoms with van der Waals surface area (Å²) < 4.78 is 13.4. The molecule has 1 aliphatic rings. The average Bonchev–Trinajstić information content (AvgIpc) is 3.32. The van der Waals surface area contributed by atoms with Crippen LogP contribution in [0.3, 0.4) is 0 Å².